The lowest BCUT2D eigenvalue weighted by molar-refractivity contribution is -0.122. The minimum atomic E-state index is -3.50. The predicted octanol–water partition coefficient (Wildman–Crippen LogP) is 1.75. The fraction of sp³-hybridized carbons (Fsp3) is 0.381. The molecule has 2 N–H and O–H groups in total. The van der Waals surface area contributed by atoms with E-state index in [2.05, 4.69) is 14.9 Å². The van der Waals surface area contributed by atoms with Gasteiger partial charge in [-0.1, -0.05) is 30.3 Å². The quantitative estimate of drug-likeness (QED) is 0.683. The average molecular weight is 418 g/mol. The maximum Gasteiger partial charge on any atom is 0.240 e. The van der Waals surface area contributed by atoms with E-state index >= 15 is 0 Å². The molecule has 1 amide bonds. The van der Waals surface area contributed by atoms with Gasteiger partial charge in [0.2, 0.25) is 15.9 Å². The van der Waals surface area contributed by atoms with E-state index in [0.29, 0.717) is 39.0 Å². The first kappa shape index (κ1) is 21.3. The summed E-state index contributed by atoms with van der Waals surface area (Å²) >= 11 is 0. The van der Waals surface area contributed by atoms with Crippen LogP contribution in [0.25, 0.3) is 0 Å². The molecule has 29 heavy (non-hydrogen) atoms. The van der Waals surface area contributed by atoms with Crippen LogP contribution in [0.15, 0.2) is 59.5 Å². The van der Waals surface area contributed by atoms with Crippen molar-refractivity contribution in [3.8, 4) is 5.75 Å². The van der Waals surface area contributed by atoms with Gasteiger partial charge in [-0.05, 0) is 42.7 Å². The molecule has 8 heteroatoms. The number of methoxy groups -OCH3 is 1. The molecule has 1 fully saturated rings. The van der Waals surface area contributed by atoms with Crippen LogP contribution in [0.2, 0.25) is 0 Å². The van der Waals surface area contributed by atoms with Gasteiger partial charge < -0.3 is 10.1 Å². The van der Waals surface area contributed by atoms with Crippen molar-refractivity contribution in [2.24, 2.45) is 0 Å². The highest BCUT2D eigenvalue weighted by atomic mass is 32.2. The number of amides is 1. The summed E-state index contributed by atoms with van der Waals surface area (Å²) in [4.78, 5) is 14.5. The topological polar surface area (TPSA) is 87.7 Å². The number of piperidine rings is 1. The van der Waals surface area contributed by atoms with E-state index in [1.165, 1.54) is 0 Å². The molecule has 7 nitrogen and oxygen atoms in total. The molecule has 1 heterocycles. The standard InChI is InChI=1S/C21H27N3O4S/c1-28-19-9-7-17(8-10-19)15-22-21(25)16-24-13-11-18(12-14-24)23-29(26,27)20-5-3-2-4-6-20/h2-10,18,23H,11-16H2,1H3,(H,22,25). The molecule has 0 aromatic heterocycles. The molecule has 1 aliphatic heterocycles. The SMILES string of the molecule is COc1ccc(CNC(=O)CN2CCC(NS(=O)(=O)c3ccccc3)CC2)cc1. The highest BCUT2D eigenvalue weighted by Crippen LogP contribution is 2.15. The van der Waals surface area contributed by atoms with Crippen LogP contribution in [0, 0.1) is 0 Å². The Hall–Kier alpha value is -2.42. The Labute approximate surface area is 172 Å². The molecule has 0 saturated carbocycles. The molecule has 0 atom stereocenters. The molecule has 1 saturated heterocycles. The van der Waals surface area contributed by atoms with Gasteiger partial charge in [-0.3, -0.25) is 9.69 Å². The molecule has 0 aliphatic carbocycles. The van der Waals surface area contributed by atoms with E-state index in [0.717, 1.165) is 11.3 Å². The summed E-state index contributed by atoms with van der Waals surface area (Å²) in [5.41, 5.74) is 1.01. The molecule has 1 aliphatic rings. The van der Waals surface area contributed by atoms with E-state index in [4.69, 9.17) is 4.74 Å². The Morgan fingerprint density at radius 3 is 2.34 bits per heavy atom. The van der Waals surface area contributed by atoms with Gasteiger partial charge in [-0.15, -0.1) is 0 Å². The lowest BCUT2D eigenvalue weighted by atomic mass is 10.1. The van der Waals surface area contributed by atoms with E-state index in [9.17, 15) is 13.2 Å². The van der Waals surface area contributed by atoms with Crippen molar-refractivity contribution in [3.63, 3.8) is 0 Å². The van der Waals surface area contributed by atoms with Crippen molar-refractivity contribution in [2.75, 3.05) is 26.7 Å². The second-order valence-corrected chi connectivity index (χ2v) is 8.82. The van der Waals surface area contributed by atoms with Crippen molar-refractivity contribution in [1.82, 2.24) is 14.9 Å². The van der Waals surface area contributed by atoms with Crippen LogP contribution in [0.5, 0.6) is 5.75 Å². The van der Waals surface area contributed by atoms with Crippen LogP contribution in [-0.4, -0.2) is 52.0 Å². The van der Waals surface area contributed by atoms with Gasteiger partial charge in [-0.25, -0.2) is 13.1 Å². The number of hydrogen-bond acceptors (Lipinski definition) is 5. The number of ether oxygens (including phenoxy) is 1. The summed E-state index contributed by atoms with van der Waals surface area (Å²) in [6.07, 6.45) is 1.36. The number of carbonyl (C=O) groups excluding carboxylic acids is 1. The maximum atomic E-state index is 12.4. The van der Waals surface area contributed by atoms with Gasteiger partial charge in [0, 0.05) is 25.7 Å². The average Bonchev–Trinajstić information content (AvgIpc) is 2.74. The van der Waals surface area contributed by atoms with Crippen LogP contribution in [0.3, 0.4) is 0 Å². The first-order valence-corrected chi connectivity index (χ1v) is 11.1. The van der Waals surface area contributed by atoms with Gasteiger partial charge in [0.05, 0.1) is 18.6 Å². The Bertz CT molecular complexity index is 893. The fourth-order valence-electron chi connectivity index (χ4n) is 3.30. The van der Waals surface area contributed by atoms with Crippen LogP contribution >= 0.6 is 0 Å². The molecule has 156 valence electrons. The number of nitrogens with zero attached hydrogens (tertiary/aromatic N) is 1. The number of nitrogens with one attached hydrogen (secondary N) is 2. The molecule has 2 aromatic rings. The maximum absolute atomic E-state index is 12.4. The zero-order valence-electron chi connectivity index (χ0n) is 16.5. The smallest absolute Gasteiger partial charge is 0.240 e. The summed E-state index contributed by atoms with van der Waals surface area (Å²) in [6, 6.07) is 15.8. The molecule has 2 aromatic carbocycles. The third-order valence-electron chi connectivity index (χ3n) is 4.98. The van der Waals surface area contributed by atoms with Gasteiger partial charge in [-0.2, -0.15) is 0 Å². The molecular weight excluding hydrogens is 390 g/mol. The lowest BCUT2D eigenvalue weighted by Gasteiger charge is -2.31. The van der Waals surface area contributed by atoms with Gasteiger partial charge in [0.1, 0.15) is 5.75 Å². The van der Waals surface area contributed by atoms with Crippen molar-refractivity contribution in [3.05, 3.63) is 60.2 Å². The third kappa shape index (κ3) is 6.28. The number of carbonyl (C=O) groups is 1. The number of sulfonamides is 1. The van der Waals surface area contributed by atoms with Crippen LogP contribution in [0.1, 0.15) is 18.4 Å². The number of benzene rings is 2. The summed E-state index contributed by atoms with van der Waals surface area (Å²) < 4.78 is 32.7. The van der Waals surface area contributed by atoms with Crippen LogP contribution in [-0.2, 0) is 21.4 Å². The molecule has 0 bridgehead atoms. The first-order chi connectivity index (χ1) is 14.0. The number of likely N-dealkylation sites (tertiary alicyclic amines) is 1. The second-order valence-electron chi connectivity index (χ2n) is 7.11. The van der Waals surface area contributed by atoms with E-state index in [1.54, 1.807) is 37.4 Å². The van der Waals surface area contributed by atoms with Crippen molar-refractivity contribution >= 4 is 15.9 Å². The number of hydrogen-bond donors (Lipinski definition) is 2. The summed E-state index contributed by atoms with van der Waals surface area (Å²) in [7, 11) is -1.88. The zero-order valence-corrected chi connectivity index (χ0v) is 17.3. The Balaban J connectivity index is 1.40. The Morgan fingerprint density at radius 1 is 1.07 bits per heavy atom. The lowest BCUT2D eigenvalue weighted by Crippen LogP contribution is -2.47. The minimum Gasteiger partial charge on any atom is -0.497 e. The van der Waals surface area contributed by atoms with Gasteiger partial charge in [0.25, 0.3) is 0 Å². The summed E-state index contributed by atoms with van der Waals surface area (Å²) in [5.74, 6) is 0.745. The predicted molar refractivity (Wildman–Crippen MR) is 111 cm³/mol. The Kier molecular flexibility index (Phi) is 7.24. The van der Waals surface area contributed by atoms with Crippen LogP contribution < -0.4 is 14.8 Å². The van der Waals surface area contributed by atoms with Crippen molar-refractivity contribution < 1.29 is 17.9 Å². The van der Waals surface area contributed by atoms with Crippen molar-refractivity contribution in [1.29, 1.82) is 0 Å². The highest BCUT2D eigenvalue weighted by Gasteiger charge is 2.25. The largest absolute Gasteiger partial charge is 0.497 e. The first-order valence-electron chi connectivity index (χ1n) is 9.65. The zero-order chi connectivity index (χ0) is 20.7. The molecule has 0 unspecified atom stereocenters. The van der Waals surface area contributed by atoms with E-state index in [-0.39, 0.29) is 16.8 Å². The van der Waals surface area contributed by atoms with Gasteiger partial charge in [0.15, 0.2) is 0 Å². The summed E-state index contributed by atoms with van der Waals surface area (Å²) in [6.45, 7) is 2.14. The van der Waals surface area contributed by atoms with E-state index < -0.39 is 10.0 Å². The molecule has 0 spiro atoms. The Morgan fingerprint density at radius 2 is 1.72 bits per heavy atom. The minimum absolute atomic E-state index is 0.0378. The fourth-order valence-corrected chi connectivity index (χ4v) is 4.63. The third-order valence-corrected chi connectivity index (χ3v) is 6.52. The van der Waals surface area contributed by atoms with Gasteiger partial charge >= 0.3 is 0 Å². The van der Waals surface area contributed by atoms with Crippen molar-refractivity contribution in [2.45, 2.75) is 30.3 Å². The molecule has 0 radical (unpaired) electrons. The van der Waals surface area contributed by atoms with Crippen LogP contribution in [0.4, 0.5) is 0 Å². The summed E-state index contributed by atoms with van der Waals surface area (Å²) in [5, 5.41) is 2.92. The molecule has 3 rings (SSSR count). The second kappa shape index (κ2) is 9.87. The monoisotopic (exact) mass is 417 g/mol. The number of rotatable bonds is 8. The molecular formula is C21H27N3O4S. The van der Waals surface area contributed by atoms with E-state index in [1.807, 2.05) is 24.3 Å². The highest BCUT2D eigenvalue weighted by molar-refractivity contribution is 7.89. The normalized spacial score (nSPS) is 15.8.